The summed E-state index contributed by atoms with van der Waals surface area (Å²) in [6, 6.07) is 7.38. The summed E-state index contributed by atoms with van der Waals surface area (Å²) in [5.41, 5.74) is 8.60. The summed E-state index contributed by atoms with van der Waals surface area (Å²) < 4.78 is 28.1. The zero-order chi connectivity index (χ0) is 14.2. The van der Waals surface area contributed by atoms with Gasteiger partial charge in [-0.25, -0.2) is 8.78 Å². The largest absolute Gasteiger partial charge is 0.320 e. The fraction of sp³-hybridized carbons (Fsp3) is 0.200. The predicted molar refractivity (Wildman–Crippen MR) is 76.0 cm³/mol. The Morgan fingerprint density at radius 2 is 1.63 bits per heavy atom. The van der Waals surface area contributed by atoms with Gasteiger partial charge >= 0.3 is 0 Å². The van der Waals surface area contributed by atoms with Crippen molar-refractivity contribution < 1.29 is 8.78 Å². The van der Waals surface area contributed by atoms with Crippen molar-refractivity contribution in [1.29, 1.82) is 0 Å². The van der Waals surface area contributed by atoms with E-state index >= 15 is 0 Å². The van der Waals surface area contributed by atoms with Crippen molar-refractivity contribution in [3.05, 3.63) is 68.7 Å². The van der Waals surface area contributed by atoms with Crippen molar-refractivity contribution >= 4 is 15.9 Å². The molecule has 19 heavy (non-hydrogen) atoms. The van der Waals surface area contributed by atoms with Gasteiger partial charge in [-0.3, -0.25) is 0 Å². The summed E-state index contributed by atoms with van der Waals surface area (Å²) in [6.45, 7) is 3.51. The second-order valence-electron chi connectivity index (χ2n) is 4.60. The normalized spacial score (nSPS) is 12.5. The molecule has 0 saturated heterocycles. The SMILES string of the molecule is Cc1cc(C(N)c2ccc(Br)cc2C)c(F)cc1F. The van der Waals surface area contributed by atoms with E-state index in [0.717, 1.165) is 21.7 Å². The van der Waals surface area contributed by atoms with Crippen LogP contribution in [-0.2, 0) is 0 Å². The minimum absolute atomic E-state index is 0.310. The van der Waals surface area contributed by atoms with Crippen molar-refractivity contribution in [2.24, 2.45) is 5.73 Å². The Balaban J connectivity index is 2.49. The van der Waals surface area contributed by atoms with E-state index in [2.05, 4.69) is 15.9 Å². The van der Waals surface area contributed by atoms with E-state index in [1.807, 2.05) is 25.1 Å². The molecule has 2 aromatic rings. The number of aryl methyl sites for hydroxylation is 2. The summed E-state index contributed by atoms with van der Waals surface area (Å²) in [5.74, 6) is -1.17. The van der Waals surface area contributed by atoms with Crippen molar-refractivity contribution in [1.82, 2.24) is 0 Å². The van der Waals surface area contributed by atoms with Crippen LogP contribution in [0.5, 0.6) is 0 Å². The highest BCUT2D eigenvalue weighted by Gasteiger charge is 2.17. The topological polar surface area (TPSA) is 26.0 Å². The Hall–Kier alpha value is -1.26. The average molecular weight is 326 g/mol. The number of benzene rings is 2. The van der Waals surface area contributed by atoms with Crippen LogP contribution in [0.4, 0.5) is 8.78 Å². The van der Waals surface area contributed by atoms with Crippen LogP contribution in [0.3, 0.4) is 0 Å². The minimum atomic E-state index is -0.613. The molecule has 0 aliphatic carbocycles. The monoisotopic (exact) mass is 325 g/mol. The molecule has 0 fully saturated rings. The Bertz CT molecular complexity index is 626. The maximum atomic E-state index is 13.8. The molecule has 0 saturated carbocycles. The van der Waals surface area contributed by atoms with Crippen LogP contribution < -0.4 is 5.73 Å². The number of hydrogen-bond acceptors (Lipinski definition) is 1. The molecule has 0 spiro atoms. The lowest BCUT2D eigenvalue weighted by Gasteiger charge is -2.17. The molecule has 0 bridgehead atoms. The third kappa shape index (κ3) is 2.85. The molecule has 0 heterocycles. The molecule has 100 valence electrons. The van der Waals surface area contributed by atoms with Crippen molar-refractivity contribution in [3.8, 4) is 0 Å². The first-order valence-electron chi connectivity index (χ1n) is 5.87. The fourth-order valence-corrected chi connectivity index (χ4v) is 2.55. The Kier molecular flexibility index (Phi) is 4.02. The molecule has 2 N–H and O–H groups in total. The highest BCUT2D eigenvalue weighted by molar-refractivity contribution is 9.10. The van der Waals surface area contributed by atoms with Crippen LogP contribution >= 0.6 is 15.9 Å². The van der Waals surface area contributed by atoms with Crippen LogP contribution in [0.1, 0.15) is 28.3 Å². The van der Waals surface area contributed by atoms with E-state index in [4.69, 9.17) is 5.73 Å². The molecular weight excluding hydrogens is 312 g/mol. The predicted octanol–water partition coefficient (Wildman–Crippen LogP) is 4.39. The van der Waals surface area contributed by atoms with E-state index < -0.39 is 17.7 Å². The zero-order valence-electron chi connectivity index (χ0n) is 10.7. The number of rotatable bonds is 2. The van der Waals surface area contributed by atoms with Gasteiger partial charge in [0, 0.05) is 16.1 Å². The van der Waals surface area contributed by atoms with E-state index in [1.54, 1.807) is 6.92 Å². The second kappa shape index (κ2) is 5.39. The van der Waals surface area contributed by atoms with Gasteiger partial charge in [-0.15, -0.1) is 0 Å². The summed E-state index contributed by atoms with van der Waals surface area (Å²) in [7, 11) is 0. The molecule has 0 aliphatic rings. The van der Waals surface area contributed by atoms with Crippen LogP contribution in [0, 0.1) is 25.5 Å². The summed E-state index contributed by atoms with van der Waals surface area (Å²) >= 11 is 3.37. The first-order valence-corrected chi connectivity index (χ1v) is 6.66. The van der Waals surface area contributed by atoms with Gasteiger partial charge in [0.2, 0.25) is 0 Å². The second-order valence-corrected chi connectivity index (χ2v) is 5.52. The Labute approximate surface area is 119 Å². The molecule has 2 aromatic carbocycles. The van der Waals surface area contributed by atoms with Gasteiger partial charge in [-0.2, -0.15) is 0 Å². The molecule has 4 heteroatoms. The Morgan fingerprint density at radius 3 is 2.26 bits per heavy atom. The lowest BCUT2D eigenvalue weighted by Crippen LogP contribution is -2.15. The first kappa shape index (κ1) is 14.2. The highest BCUT2D eigenvalue weighted by atomic mass is 79.9. The van der Waals surface area contributed by atoms with Gasteiger partial charge in [0.05, 0.1) is 6.04 Å². The number of nitrogens with two attached hydrogens (primary N) is 1. The fourth-order valence-electron chi connectivity index (χ4n) is 2.07. The molecule has 0 amide bonds. The standard InChI is InChI=1S/C15H14BrF2N/c1-8-5-10(16)3-4-11(8)15(19)12-6-9(2)13(17)7-14(12)18/h3-7,15H,19H2,1-2H3. The summed E-state index contributed by atoms with van der Waals surface area (Å²) in [4.78, 5) is 0. The van der Waals surface area contributed by atoms with Gasteiger partial charge in [0.15, 0.2) is 0 Å². The van der Waals surface area contributed by atoms with Crippen LogP contribution in [-0.4, -0.2) is 0 Å². The maximum Gasteiger partial charge on any atom is 0.131 e. The van der Waals surface area contributed by atoms with E-state index in [-0.39, 0.29) is 0 Å². The van der Waals surface area contributed by atoms with Crippen LogP contribution in [0.25, 0.3) is 0 Å². The maximum absolute atomic E-state index is 13.8. The quantitative estimate of drug-likeness (QED) is 0.870. The lowest BCUT2D eigenvalue weighted by molar-refractivity contribution is 0.560. The lowest BCUT2D eigenvalue weighted by atomic mass is 9.94. The van der Waals surface area contributed by atoms with Gasteiger partial charge in [0.25, 0.3) is 0 Å². The smallest absolute Gasteiger partial charge is 0.131 e. The van der Waals surface area contributed by atoms with E-state index in [1.165, 1.54) is 6.07 Å². The molecule has 0 aromatic heterocycles. The molecule has 0 radical (unpaired) electrons. The van der Waals surface area contributed by atoms with Crippen molar-refractivity contribution in [2.45, 2.75) is 19.9 Å². The van der Waals surface area contributed by atoms with Gasteiger partial charge < -0.3 is 5.73 Å². The van der Waals surface area contributed by atoms with Gasteiger partial charge in [-0.1, -0.05) is 22.0 Å². The van der Waals surface area contributed by atoms with Crippen molar-refractivity contribution in [3.63, 3.8) is 0 Å². The molecule has 1 atom stereocenters. The van der Waals surface area contributed by atoms with Gasteiger partial charge in [0.1, 0.15) is 11.6 Å². The molecule has 0 aliphatic heterocycles. The summed E-state index contributed by atoms with van der Waals surface area (Å²) in [5, 5.41) is 0. The zero-order valence-corrected chi connectivity index (χ0v) is 12.3. The third-order valence-electron chi connectivity index (χ3n) is 3.18. The highest BCUT2D eigenvalue weighted by Crippen LogP contribution is 2.28. The molecule has 1 unspecified atom stereocenters. The van der Waals surface area contributed by atoms with Crippen LogP contribution in [0.15, 0.2) is 34.8 Å². The minimum Gasteiger partial charge on any atom is -0.320 e. The molecule has 2 rings (SSSR count). The first-order chi connectivity index (χ1) is 8.90. The molecular formula is C15H14BrF2N. The van der Waals surface area contributed by atoms with E-state index in [0.29, 0.717) is 11.1 Å². The third-order valence-corrected chi connectivity index (χ3v) is 3.67. The Morgan fingerprint density at radius 1 is 0.947 bits per heavy atom. The van der Waals surface area contributed by atoms with Crippen molar-refractivity contribution in [2.75, 3.05) is 0 Å². The number of hydrogen-bond donors (Lipinski definition) is 1. The summed E-state index contributed by atoms with van der Waals surface area (Å²) in [6.07, 6.45) is 0. The van der Waals surface area contributed by atoms with Gasteiger partial charge in [-0.05, 0) is 48.7 Å². The average Bonchev–Trinajstić information content (AvgIpc) is 2.33. The van der Waals surface area contributed by atoms with E-state index in [9.17, 15) is 8.78 Å². The van der Waals surface area contributed by atoms with Crippen LogP contribution in [0.2, 0.25) is 0 Å². The molecule has 1 nitrogen and oxygen atoms in total. The number of halogens is 3.